The van der Waals surface area contributed by atoms with E-state index >= 15 is 0 Å². The minimum Gasteiger partial charge on any atom is -0.303 e. The first kappa shape index (κ1) is 12.6. The van der Waals surface area contributed by atoms with E-state index in [0.29, 0.717) is 0 Å². The molecule has 1 heterocycles. The molecule has 0 unspecified atom stereocenters. The van der Waals surface area contributed by atoms with Crippen LogP contribution in [0.4, 0.5) is 0 Å². The van der Waals surface area contributed by atoms with Gasteiger partial charge in [0.2, 0.25) is 0 Å². The van der Waals surface area contributed by atoms with Crippen molar-refractivity contribution in [1.82, 2.24) is 14.7 Å². The molecule has 96 valence electrons. The lowest BCUT2D eigenvalue weighted by Gasteiger charge is -2.33. The first-order valence-corrected chi connectivity index (χ1v) is 6.83. The van der Waals surface area contributed by atoms with E-state index in [1.54, 1.807) is 0 Å². The van der Waals surface area contributed by atoms with Crippen LogP contribution in [0, 0.1) is 5.92 Å². The fraction of sp³-hybridized carbons (Fsp3) is 0.786. The molecule has 17 heavy (non-hydrogen) atoms. The SMILES string of the molecule is CC1CCC(N(C)CCc2cnn(C)c2)CC1. The van der Waals surface area contributed by atoms with Crippen molar-refractivity contribution in [2.24, 2.45) is 13.0 Å². The normalized spacial score (nSPS) is 25.4. The summed E-state index contributed by atoms with van der Waals surface area (Å²) in [5.41, 5.74) is 1.35. The molecular formula is C14H25N3. The Labute approximate surface area is 105 Å². The van der Waals surface area contributed by atoms with Crippen molar-refractivity contribution in [1.29, 1.82) is 0 Å². The minimum absolute atomic E-state index is 0.808. The van der Waals surface area contributed by atoms with Crippen LogP contribution in [0.5, 0.6) is 0 Å². The lowest BCUT2D eigenvalue weighted by Crippen LogP contribution is -2.36. The third-order valence-corrected chi connectivity index (χ3v) is 4.12. The van der Waals surface area contributed by atoms with Crippen LogP contribution in [0.2, 0.25) is 0 Å². The van der Waals surface area contributed by atoms with Crippen molar-refractivity contribution < 1.29 is 0 Å². The summed E-state index contributed by atoms with van der Waals surface area (Å²) >= 11 is 0. The summed E-state index contributed by atoms with van der Waals surface area (Å²) in [6.07, 6.45) is 10.8. The average Bonchev–Trinajstić information content (AvgIpc) is 2.73. The molecule has 0 bridgehead atoms. The number of aromatic nitrogens is 2. The van der Waals surface area contributed by atoms with Crippen molar-refractivity contribution in [3.8, 4) is 0 Å². The minimum atomic E-state index is 0.808. The molecule has 0 amide bonds. The second kappa shape index (κ2) is 5.67. The van der Waals surface area contributed by atoms with Gasteiger partial charge in [0.05, 0.1) is 6.20 Å². The highest BCUT2D eigenvalue weighted by atomic mass is 15.2. The molecule has 0 spiro atoms. The number of aryl methyl sites for hydroxylation is 1. The number of hydrogen-bond acceptors (Lipinski definition) is 2. The maximum absolute atomic E-state index is 4.22. The third kappa shape index (κ3) is 3.56. The van der Waals surface area contributed by atoms with Crippen molar-refractivity contribution >= 4 is 0 Å². The van der Waals surface area contributed by atoms with Crippen molar-refractivity contribution in [3.63, 3.8) is 0 Å². The summed E-state index contributed by atoms with van der Waals surface area (Å²) in [5, 5.41) is 4.22. The first-order chi connectivity index (χ1) is 8.15. The monoisotopic (exact) mass is 235 g/mol. The van der Waals surface area contributed by atoms with Gasteiger partial charge in [0, 0.05) is 25.8 Å². The molecule has 1 saturated carbocycles. The van der Waals surface area contributed by atoms with Gasteiger partial charge in [0.25, 0.3) is 0 Å². The van der Waals surface area contributed by atoms with Crippen LogP contribution in [0.1, 0.15) is 38.2 Å². The van der Waals surface area contributed by atoms with Gasteiger partial charge < -0.3 is 4.90 Å². The van der Waals surface area contributed by atoms with E-state index in [2.05, 4.69) is 30.2 Å². The molecule has 1 aromatic heterocycles. The van der Waals surface area contributed by atoms with Gasteiger partial charge in [-0.2, -0.15) is 5.10 Å². The van der Waals surface area contributed by atoms with Crippen LogP contribution in [0.3, 0.4) is 0 Å². The predicted octanol–water partition coefficient (Wildman–Crippen LogP) is 2.47. The summed E-state index contributed by atoms with van der Waals surface area (Å²) in [6.45, 7) is 3.54. The van der Waals surface area contributed by atoms with E-state index in [0.717, 1.165) is 24.9 Å². The molecule has 1 aromatic rings. The van der Waals surface area contributed by atoms with Gasteiger partial charge in [0.15, 0.2) is 0 Å². The Hall–Kier alpha value is -0.830. The van der Waals surface area contributed by atoms with Crippen LogP contribution in [0.25, 0.3) is 0 Å². The molecular weight excluding hydrogens is 210 g/mol. The maximum Gasteiger partial charge on any atom is 0.0522 e. The summed E-state index contributed by atoms with van der Waals surface area (Å²) in [4.78, 5) is 2.54. The molecule has 0 atom stereocenters. The molecule has 0 radical (unpaired) electrons. The van der Waals surface area contributed by atoms with E-state index in [1.165, 1.54) is 31.2 Å². The smallest absolute Gasteiger partial charge is 0.0522 e. The van der Waals surface area contributed by atoms with E-state index in [9.17, 15) is 0 Å². The Balaban J connectivity index is 1.75. The number of hydrogen-bond donors (Lipinski definition) is 0. The summed E-state index contributed by atoms with van der Waals surface area (Å²) in [7, 11) is 4.26. The van der Waals surface area contributed by atoms with Gasteiger partial charge >= 0.3 is 0 Å². The van der Waals surface area contributed by atoms with Gasteiger partial charge in [-0.15, -0.1) is 0 Å². The van der Waals surface area contributed by atoms with Crippen LogP contribution < -0.4 is 0 Å². The fourth-order valence-corrected chi connectivity index (χ4v) is 2.77. The second-order valence-electron chi connectivity index (χ2n) is 5.67. The highest BCUT2D eigenvalue weighted by Gasteiger charge is 2.21. The Kier molecular flexibility index (Phi) is 4.21. The zero-order valence-electron chi connectivity index (χ0n) is 11.4. The van der Waals surface area contributed by atoms with Gasteiger partial charge in [0.1, 0.15) is 0 Å². The highest BCUT2D eigenvalue weighted by molar-refractivity contribution is 5.04. The van der Waals surface area contributed by atoms with E-state index in [1.807, 2.05) is 17.9 Å². The Bertz CT molecular complexity index is 337. The summed E-state index contributed by atoms with van der Waals surface area (Å²) in [6, 6.07) is 0.808. The van der Waals surface area contributed by atoms with Gasteiger partial charge in [-0.25, -0.2) is 0 Å². The van der Waals surface area contributed by atoms with Gasteiger partial charge in [-0.3, -0.25) is 4.68 Å². The molecule has 1 fully saturated rings. The predicted molar refractivity (Wildman–Crippen MR) is 71.0 cm³/mol. The standard InChI is InChI=1S/C14H25N3/c1-12-4-6-14(7-5-12)16(2)9-8-13-10-15-17(3)11-13/h10-12,14H,4-9H2,1-3H3. The molecule has 1 aliphatic carbocycles. The van der Waals surface area contributed by atoms with Crippen LogP contribution in [0.15, 0.2) is 12.4 Å². The van der Waals surface area contributed by atoms with Crippen LogP contribution in [-0.4, -0.2) is 34.3 Å². The van der Waals surface area contributed by atoms with Crippen molar-refractivity contribution in [3.05, 3.63) is 18.0 Å². The van der Waals surface area contributed by atoms with E-state index in [-0.39, 0.29) is 0 Å². The molecule has 2 rings (SSSR count). The number of likely N-dealkylation sites (N-methyl/N-ethyl adjacent to an activating group) is 1. The summed E-state index contributed by atoms with van der Waals surface area (Å²) < 4.78 is 1.89. The van der Waals surface area contributed by atoms with Crippen molar-refractivity contribution in [2.45, 2.75) is 45.1 Å². The summed E-state index contributed by atoms with van der Waals surface area (Å²) in [5.74, 6) is 0.943. The average molecular weight is 235 g/mol. The van der Waals surface area contributed by atoms with E-state index < -0.39 is 0 Å². The number of rotatable bonds is 4. The lowest BCUT2D eigenvalue weighted by molar-refractivity contribution is 0.172. The zero-order chi connectivity index (χ0) is 12.3. The quantitative estimate of drug-likeness (QED) is 0.799. The van der Waals surface area contributed by atoms with Gasteiger partial charge in [-0.1, -0.05) is 6.92 Å². The molecule has 0 N–H and O–H groups in total. The Morgan fingerprint density at radius 2 is 2.06 bits per heavy atom. The Morgan fingerprint density at radius 1 is 1.35 bits per heavy atom. The van der Waals surface area contributed by atoms with Gasteiger partial charge in [-0.05, 0) is 50.6 Å². The fourth-order valence-electron chi connectivity index (χ4n) is 2.77. The van der Waals surface area contributed by atoms with Crippen molar-refractivity contribution in [2.75, 3.05) is 13.6 Å². The highest BCUT2D eigenvalue weighted by Crippen LogP contribution is 2.26. The molecule has 0 aromatic carbocycles. The molecule has 0 saturated heterocycles. The molecule has 3 heteroatoms. The topological polar surface area (TPSA) is 21.1 Å². The van der Waals surface area contributed by atoms with Crippen LogP contribution >= 0.6 is 0 Å². The first-order valence-electron chi connectivity index (χ1n) is 6.83. The molecule has 3 nitrogen and oxygen atoms in total. The zero-order valence-corrected chi connectivity index (χ0v) is 11.4. The molecule has 1 aliphatic rings. The Morgan fingerprint density at radius 3 is 2.65 bits per heavy atom. The van der Waals surface area contributed by atoms with E-state index in [4.69, 9.17) is 0 Å². The largest absolute Gasteiger partial charge is 0.303 e. The third-order valence-electron chi connectivity index (χ3n) is 4.12. The lowest BCUT2D eigenvalue weighted by atomic mass is 9.87. The molecule has 0 aliphatic heterocycles. The second-order valence-corrected chi connectivity index (χ2v) is 5.67. The van der Waals surface area contributed by atoms with Crippen LogP contribution in [-0.2, 0) is 13.5 Å². The maximum atomic E-state index is 4.22. The number of nitrogens with zero attached hydrogens (tertiary/aromatic N) is 3.